The van der Waals surface area contributed by atoms with Crippen molar-refractivity contribution in [3.05, 3.63) is 29.8 Å². The Balaban J connectivity index is 2.15. The molecule has 1 amide bonds. The van der Waals surface area contributed by atoms with Gasteiger partial charge in [-0.15, -0.1) is 0 Å². The number of nitrogens with zero attached hydrogens (tertiary/aromatic N) is 1. The van der Waals surface area contributed by atoms with E-state index in [4.69, 9.17) is 16.6 Å². The second kappa shape index (κ2) is 11.0. The predicted octanol–water partition coefficient (Wildman–Crippen LogP) is 5.48. The summed E-state index contributed by atoms with van der Waals surface area (Å²) >= 11 is 6.93. The van der Waals surface area contributed by atoms with Gasteiger partial charge in [-0.25, -0.2) is 0 Å². The van der Waals surface area contributed by atoms with Crippen LogP contribution >= 0.6 is 24.0 Å². The van der Waals surface area contributed by atoms with Crippen molar-refractivity contribution >= 4 is 48.3 Å². The third-order valence-corrected chi connectivity index (χ3v) is 13.3. The van der Waals surface area contributed by atoms with Crippen LogP contribution in [0, 0.1) is 11.8 Å². The number of benzene rings is 1. The molecule has 0 unspecified atom stereocenters. The molecule has 5 nitrogen and oxygen atoms in total. The minimum absolute atomic E-state index is 0.0272. The number of β-lactam (4-membered cyclic amide) rings is 1. The SMILES string of the molecule is CCN(CC)C(=S)c1ccccc1SC(=O)[C@H](C)[C@H]1NC(=O)[C@@H]1[C@@H](C)O[Si](C)(C)C(C)(C)C. The molecule has 1 aliphatic rings. The maximum Gasteiger partial charge on any atom is 0.228 e. The van der Waals surface area contributed by atoms with Crippen LogP contribution in [0.5, 0.6) is 0 Å². The molecule has 8 heteroatoms. The smallest absolute Gasteiger partial charge is 0.228 e. The minimum Gasteiger partial charge on any atom is -0.413 e. The van der Waals surface area contributed by atoms with Gasteiger partial charge in [0.05, 0.1) is 18.1 Å². The molecule has 1 saturated heterocycles. The lowest BCUT2D eigenvalue weighted by Gasteiger charge is -2.46. The van der Waals surface area contributed by atoms with E-state index in [1.807, 2.05) is 38.1 Å². The summed E-state index contributed by atoms with van der Waals surface area (Å²) in [7, 11) is -2.02. The van der Waals surface area contributed by atoms with E-state index in [1.54, 1.807) is 0 Å². The van der Waals surface area contributed by atoms with Gasteiger partial charge in [-0.1, -0.05) is 69.9 Å². The van der Waals surface area contributed by atoms with Gasteiger partial charge >= 0.3 is 0 Å². The summed E-state index contributed by atoms with van der Waals surface area (Å²) in [6.45, 7) is 20.6. The maximum atomic E-state index is 13.3. The predicted molar refractivity (Wildman–Crippen MR) is 144 cm³/mol. The number of carbonyl (C=O) groups excluding carboxylic acids is 2. The zero-order valence-electron chi connectivity index (χ0n) is 21.5. The van der Waals surface area contributed by atoms with Gasteiger partial charge in [0.15, 0.2) is 13.4 Å². The molecule has 33 heavy (non-hydrogen) atoms. The van der Waals surface area contributed by atoms with Crippen LogP contribution in [0.4, 0.5) is 0 Å². The quantitative estimate of drug-likeness (QED) is 0.206. The Morgan fingerprint density at radius 1 is 1.21 bits per heavy atom. The van der Waals surface area contributed by atoms with Crippen molar-refractivity contribution in [2.45, 2.75) is 83.6 Å². The van der Waals surface area contributed by atoms with E-state index < -0.39 is 8.32 Å². The lowest BCUT2D eigenvalue weighted by Crippen LogP contribution is -2.66. The largest absolute Gasteiger partial charge is 0.413 e. The Bertz CT molecular complexity index is 881. The Kier molecular flexibility index (Phi) is 9.35. The fourth-order valence-corrected chi connectivity index (χ4v) is 6.74. The first-order chi connectivity index (χ1) is 15.2. The first-order valence-electron chi connectivity index (χ1n) is 11.8. The summed E-state index contributed by atoms with van der Waals surface area (Å²) in [5, 5.41) is 3.05. The maximum absolute atomic E-state index is 13.3. The van der Waals surface area contributed by atoms with Crippen LogP contribution < -0.4 is 5.32 Å². The van der Waals surface area contributed by atoms with Crippen molar-refractivity contribution in [3.8, 4) is 0 Å². The number of carbonyl (C=O) groups is 2. The van der Waals surface area contributed by atoms with E-state index in [2.05, 4.69) is 57.9 Å². The normalized spacial score (nSPS) is 20.5. The highest BCUT2D eigenvalue weighted by Crippen LogP contribution is 2.40. The molecule has 0 bridgehead atoms. The van der Waals surface area contributed by atoms with E-state index in [0.717, 1.165) is 28.5 Å². The Morgan fingerprint density at radius 2 is 1.79 bits per heavy atom. The number of rotatable bonds is 9. The van der Waals surface area contributed by atoms with Gasteiger partial charge in [0.2, 0.25) is 5.91 Å². The van der Waals surface area contributed by atoms with Crippen molar-refractivity contribution in [1.29, 1.82) is 0 Å². The van der Waals surface area contributed by atoms with E-state index in [1.165, 1.54) is 11.8 Å². The lowest BCUT2D eigenvalue weighted by molar-refractivity contribution is -0.143. The summed E-state index contributed by atoms with van der Waals surface area (Å²) < 4.78 is 6.49. The average molecular weight is 509 g/mol. The summed E-state index contributed by atoms with van der Waals surface area (Å²) in [5.74, 6) is -0.678. The molecule has 4 atom stereocenters. The van der Waals surface area contributed by atoms with E-state index in [9.17, 15) is 9.59 Å². The Morgan fingerprint density at radius 3 is 2.30 bits per heavy atom. The number of thiocarbonyl (C=S) groups is 1. The summed E-state index contributed by atoms with van der Waals surface area (Å²) in [5.41, 5.74) is 0.908. The van der Waals surface area contributed by atoms with Gasteiger partial charge in [0.1, 0.15) is 4.99 Å². The second-order valence-electron chi connectivity index (χ2n) is 10.3. The van der Waals surface area contributed by atoms with Crippen LogP contribution in [0.1, 0.15) is 54.0 Å². The fraction of sp³-hybridized carbons (Fsp3) is 0.640. The van der Waals surface area contributed by atoms with E-state index in [-0.39, 0.29) is 40.0 Å². The van der Waals surface area contributed by atoms with Crippen molar-refractivity contribution < 1.29 is 14.0 Å². The molecule has 1 aliphatic heterocycles. The monoisotopic (exact) mass is 508 g/mol. The van der Waals surface area contributed by atoms with Crippen LogP contribution in [-0.4, -0.2) is 54.5 Å². The number of amides is 1. The first-order valence-corrected chi connectivity index (χ1v) is 16.0. The van der Waals surface area contributed by atoms with Crippen LogP contribution in [-0.2, 0) is 14.0 Å². The number of nitrogens with one attached hydrogen (secondary N) is 1. The lowest BCUT2D eigenvalue weighted by atomic mass is 9.79. The zero-order valence-corrected chi connectivity index (χ0v) is 24.2. The van der Waals surface area contributed by atoms with E-state index >= 15 is 0 Å². The Labute approximate surface area is 210 Å². The number of hydrogen-bond donors (Lipinski definition) is 1. The van der Waals surface area contributed by atoms with Crippen molar-refractivity contribution in [2.24, 2.45) is 11.8 Å². The highest BCUT2D eigenvalue weighted by molar-refractivity contribution is 8.13. The third-order valence-electron chi connectivity index (χ3n) is 7.08. The summed E-state index contributed by atoms with van der Waals surface area (Å²) in [4.78, 5) is 29.5. The van der Waals surface area contributed by atoms with Gasteiger partial charge in [-0.2, -0.15) is 0 Å². The molecule has 0 aromatic heterocycles. The molecule has 0 saturated carbocycles. The second-order valence-corrected chi connectivity index (χ2v) is 16.5. The van der Waals surface area contributed by atoms with E-state index in [0.29, 0.717) is 0 Å². The molecule has 1 heterocycles. The molecule has 0 radical (unpaired) electrons. The molecule has 0 aliphatic carbocycles. The summed E-state index contributed by atoms with van der Waals surface area (Å²) in [6, 6.07) is 7.58. The minimum atomic E-state index is -2.02. The van der Waals surface area contributed by atoms with Crippen LogP contribution in [0.15, 0.2) is 29.2 Å². The molecule has 1 aromatic carbocycles. The summed E-state index contributed by atoms with van der Waals surface area (Å²) in [6.07, 6.45) is -0.229. The van der Waals surface area contributed by atoms with Gasteiger partial charge in [0.25, 0.3) is 0 Å². The van der Waals surface area contributed by atoms with Gasteiger partial charge in [0, 0.05) is 29.5 Å². The van der Waals surface area contributed by atoms with Crippen LogP contribution in [0.25, 0.3) is 0 Å². The Hall–Kier alpha value is -1.22. The van der Waals surface area contributed by atoms with Crippen molar-refractivity contribution in [2.75, 3.05) is 13.1 Å². The van der Waals surface area contributed by atoms with Gasteiger partial charge in [-0.3, -0.25) is 9.59 Å². The third kappa shape index (κ3) is 6.27. The fourth-order valence-electron chi connectivity index (χ4n) is 3.83. The number of hydrogen-bond acceptors (Lipinski definition) is 5. The first kappa shape index (κ1) is 28.0. The molecule has 0 spiro atoms. The molecule has 184 valence electrons. The van der Waals surface area contributed by atoms with Crippen molar-refractivity contribution in [1.82, 2.24) is 10.2 Å². The van der Waals surface area contributed by atoms with Crippen LogP contribution in [0.2, 0.25) is 18.1 Å². The highest BCUT2D eigenvalue weighted by atomic mass is 32.2. The molecular formula is C25H40N2O3S2Si. The molecule has 1 fully saturated rings. The molecule has 1 aromatic rings. The topological polar surface area (TPSA) is 58.6 Å². The highest BCUT2D eigenvalue weighted by Gasteiger charge is 2.50. The van der Waals surface area contributed by atoms with Gasteiger partial charge in [-0.05, 0) is 45.0 Å². The number of thioether (sulfide) groups is 1. The van der Waals surface area contributed by atoms with Crippen molar-refractivity contribution in [3.63, 3.8) is 0 Å². The zero-order chi connectivity index (χ0) is 25.1. The van der Waals surface area contributed by atoms with Crippen LogP contribution in [0.3, 0.4) is 0 Å². The molecule has 2 rings (SSSR count). The molecule has 1 N–H and O–H groups in total. The average Bonchev–Trinajstić information content (AvgIpc) is 2.71. The van der Waals surface area contributed by atoms with Gasteiger partial charge < -0.3 is 14.6 Å². The molecular weight excluding hydrogens is 469 g/mol. The standard InChI is InChI=1S/C25H40N2O3S2Si/c1-10-27(11-2)23(31)18-14-12-13-15-19(18)32-24(29)16(3)21-20(22(28)26-21)17(4)30-33(8,9)25(5,6)7/h12-17,20-21H,10-11H2,1-9H3,(H,26,28)/t16-,17-,20-,21-/m1/s1.